The molecule has 0 aliphatic carbocycles. The lowest BCUT2D eigenvalue weighted by Gasteiger charge is -2.18. The van der Waals surface area contributed by atoms with E-state index in [1.807, 2.05) is 0 Å². The van der Waals surface area contributed by atoms with Gasteiger partial charge in [-0.1, -0.05) is 26.0 Å². The van der Waals surface area contributed by atoms with Gasteiger partial charge in [0.25, 0.3) is 0 Å². The first-order chi connectivity index (χ1) is 13.1. The summed E-state index contributed by atoms with van der Waals surface area (Å²) in [5.41, 5.74) is -0.521. The van der Waals surface area contributed by atoms with Gasteiger partial charge in [-0.3, -0.25) is 0 Å². The molecule has 0 aliphatic heterocycles. The van der Waals surface area contributed by atoms with Crippen molar-refractivity contribution in [1.29, 1.82) is 5.26 Å². The lowest BCUT2D eigenvalue weighted by molar-refractivity contribution is -0.137. The van der Waals surface area contributed by atoms with E-state index in [-0.39, 0.29) is 17.1 Å². The second-order valence-corrected chi connectivity index (χ2v) is 7.89. The summed E-state index contributed by atoms with van der Waals surface area (Å²) >= 11 is 0. The molecule has 0 aliphatic rings. The lowest BCUT2D eigenvalue weighted by Crippen LogP contribution is -2.30. The zero-order chi connectivity index (χ0) is 20.9. The van der Waals surface area contributed by atoms with E-state index < -0.39 is 27.3 Å². The summed E-state index contributed by atoms with van der Waals surface area (Å²) < 4.78 is 65.3. The Morgan fingerprint density at radius 3 is 2.18 bits per heavy atom. The van der Waals surface area contributed by atoms with Crippen LogP contribution in [0.4, 0.5) is 18.9 Å². The lowest BCUT2D eigenvalue weighted by atomic mass is 10.1. The van der Waals surface area contributed by atoms with Crippen molar-refractivity contribution in [3.8, 4) is 6.07 Å². The Morgan fingerprint density at radius 1 is 1.07 bits per heavy atom. The molecule has 0 unspecified atom stereocenters. The smallest absolute Gasteiger partial charge is 0.381 e. The Morgan fingerprint density at radius 2 is 1.68 bits per heavy atom. The number of hydrogen-bond donors (Lipinski definition) is 1. The fourth-order valence-electron chi connectivity index (χ4n) is 2.68. The Bertz CT molecular complexity index is 961. The average Bonchev–Trinajstić information content (AvgIpc) is 2.66. The van der Waals surface area contributed by atoms with E-state index >= 15 is 0 Å². The highest BCUT2D eigenvalue weighted by molar-refractivity contribution is 7.89. The molecule has 2 aromatic rings. The number of anilines is 1. The highest BCUT2D eigenvalue weighted by atomic mass is 32.2. The van der Waals surface area contributed by atoms with Crippen LogP contribution >= 0.6 is 0 Å². The molecule has 0 heterocycles. The molecule has 0 aromatic heterocycles. The van der Waals surface area contributed by atoms with Gasteiger partial charge >= 0.3 is 6.18 Å². The van der Waals surface area contributed by atoms with E-state index in [9.17, 15) is 21.6 Å². The molecule has 0 saturated heterocycles. The minimum atomic E-state index is -4.62. The quantitative estimate of drug-likeness (QED) is 0.740. The van der Waals surface area contributed by atoms with E-state index in [1.54, 1.807) is 26.0 Å². The monoisotopic (exact) mass is 411 g/mol. The van der Waals surface area contributed by atoms with Crippen LogP contribution in [-0.4, -0.2) is 25.8 Å². The minimum Gasteiger partial charge on any atom is -0.381 e. The Kier molecular flexibility index (Phi) is 6.69. The van der Waals surface area contributed by atoms with Crippen molar-refractivity contribution in [3.63, 3.8) is 0 Å². The van der Waals surface area contributed by atoms with Crippen LogP contribution in [-0.2, 0) is 22.7 Å². The van der Waals surface area contributed by atoms with E-state index in [0.29, 0.717) is 18.7 Å². The van der Waals surface area contributed by atoms with Crippen LogP contribution in [0.5, 0.6) is 0 Å². The molecular formula is C19H20F3N3O2S. The van der Waals surface area contributed by atoms with Crippen LogP contribution in [0.2, 0.25) is 0 Å². The van der Waals surface area contributed by atoms with Crippen LogP contribution in [0.3, 0.4) is 0 Å². The van der Waals surface area contributed by atoms with Crippen molar-refractivity contribution in [2.75, 3.05) is 18.4 Å². The molecule has 2 rings (SSSR count). The van der Waals surface area contributed by atoms with Gasteiger partial charge in [0.1, 0.15) is 0 Å². The summed E-state index contributed by atoms with van der Waals surface area (Å²) in [6.45, 7) is 4.44. The fraction of sp³-hybridized carbons (Fsp3) is 0.316. The number of alkyl halides is 3. The number of benzene rings is 2. The van der Waals surface area contributed by atoms with Crippen LogP contribution < -0.4 is 5.32 Å². The van der Waals surface area contributed by atoms with E-state index in [2.05, 4.69) is 5.32 Å². The Labute approximate surface area is 162 Å². The van der Waals surface area contributed by atoms with Gasteiger partial charge in [-0.25, -0.2) is 8.42 Å². The number of rotatable bonds is 7. The first-order valence-corrected chi connectivity index (χ1v) is 10.0. The third-order valence-corrected chi connectivity index (χ3v) is 6.27. The molecule has 1 N–H and O–H groups in total. The normalized spacial score (nSPS) is 12.0. The number of nitriles is 1. The number of halogens is 3. The molecule has 0 radical (unpaired) electrons. The van der Waals surface area contributed by atoms with E-state index in [0.717, 1.165) is 12.1 Å². The molecule has 150 valence electrons. The largest absolute Gasteiger partial charge is 0.417 e. The van der Waals surface area contributed by atoms with Gasteiger partial charge in [0.2, 0.25) is 10.0 Å². The SMILES string of the molecule is CCN(CC)S(=O)(=O)c1ccc(CNc2ccc(C#N)c(C(F)(F)F)c2)cc1. The maximum absolute atomic E-state index is 13.0. The predicted molar refractivity (Wildman–Crippen MR) is 100 cm³/mol. The van der Waals surface area contributed by atoms with Crippen LogP contribution in [0.15, 0.2) is 47.4 Å². The van der Waals surface area contributed by atoms with Crippen molar-refractivity contribution in [3.05, 3.63) is 59.2 Å². The highest BCUT2D eigenvalue weighted by Gasteiger charge is 2.33. The van der Waals surface area contributed by atoms with Gasteiger partial charge in [-0.15, -0.1) is 0 Å². The Hall–Kier alpha value is -2.57. The summed E-state index contributed by atoms with van der Waals surface area (Å²) in [4.78, 5) is 0.165. The molecule has 0 amide bonds. The summed E-state index contributed by atoms with van der Waals surface area (Å²) in [6, 6.07) is 11.1. The van der Waals surface area contributed by atoms with Crippen molar-refractivity contribution >= 4 is 15.7 Å². The third kappa shape index (κ3) is 4.82. The van der Waals surface area contributed by atoms with Crippen molar-refractivity contribution in [2.45, 2.75) is 31.5 Å². The first kappa shape index (κ1) is 21.7. The predicted octanol–water partition coefficient (Wildman–Crippen LogP) is 4.22. The Balaban J connectivity index is 2.15. The number of nitrogens with zero attached hydrogens (tertiary/aromatic N) is 2. The number of sulfonamides is 1. The summed E-state index contributed by atoms with van der Waals surface area (Å²) in [7, 11) is -3.56. The molecule has 28 heavy (non-hydrogen) atoms. The number of hydrogen-bond acceptors (Lipinski definition) is 4. The highest BCUT2D eigenvalue weighted by Crippen LogP contribution is 2.33. The number of nitrogens with one attached hydrogen (secondary N) is 1. The van der Waals surface area contributed by atoms with Gasteiger partial charge in [0, 0.05) is 25.3 Å². The topological polar surface area (TPSA) is 73.2 Å². The van der Waals surface area contributed by atoms with E-state index in [4.69, 9.17) is 5.26 Å². The van der Waals surface area contributed by atoms with Crippen LogP contribution in [0.1, 0.15) is 30.5 Å². The molecule has 0 atom stereocenters. The summed E-state index contributed by atoms with van der Waals surface area (Å²) in [5, 5.41) is 11.7. The van der Waals surface area contributed by atoms with Crippen LogP contribution in [0.25, 0.3) is 0 Å². The van der Waals surface area contributed by atoms with Crippen LogP contribution in [0, 0.1) is 11.3 Å². The fourth-order valence-corrected chi connectivity index (χ4v) is 4.14. The molecule has 0 spiro atoms. The van der Waals surface area contributed by atoms with Gasteiger partial charge in [-0.2, -0.15) is 22.7 Å². The molecule has 0 bridgehead atoms. The molecule has 5 nitrogen and oxygen atoms in total. The van der Waals surface area contributed by atoms with Gasteiger partial charge in [0.15, 0.2) is 0 Å². The molecule has 0 saturated carbocycles. The summed E-state index contributed by atoms with van der Waals surface area (Å²) in [5.74, 6) is 0. The van der Waals surface area contributed by atoms with Gasteiger partial charge in [-0.05, 0) is 35.9 Å². The molecular weight excluding hydrogens is 391 g/mol. The van der Waals surface area contributed by atoms with Crippen molar-refractivity contribution in [1.82, 2.24) is 4.31 Å². The molecule has 0 fully saturated rings. The van der Waals surface area contributed by atoms with Gasteiger partial charge < -0.3 is 5.32 Å². The van der Waals surface area contributed by atoms with E-state index in [1.165, 1.54) is 28.6 Å². The summed E-state index contributed by atoms with van der Waals surface area (Å²) in [6.07, 6.45) is -4.62. The minimum absolute atomic E-state index is 0.165. The van der Waals surface area contributed by atoms with Crippen molar-refractivity contribution in [2.24, 2.45) is 0 Å². The van der Waals surface area contributed by atoms with Gasteiger partial charge in [0.05, 0.1) is 22.1 Å². The average molecular weight is 411 g/mol. The maximum Gasteiger partial charge on any atom is 0.417 e. The zero-order valence-corrected chi connectivity index (χ0v) is 16.2. The zero-order valence-electron chi connectivity index (χ0n) is 15.4. The maximum atomic E-state index is 13.0. The first-order valence-electron chi connectivity index (χ1n) is 8.57. The standard InChI is InChI=1S/C19H20F3N3O2S/c1-3-25(4-2)28(26,27)17-9-5-14(6-10-17)13-24-16-8-7-15(12-23)18(11-16)19(20,21)22/h5-11,24H,3-4,13H2,1-2H3. The second-order valence-electron chi connectivity index (χ2n) is 5.96. The third-order valence-electron chi connectivity index (χ3n) is 4.21. The molecule has 9 heteroatoms. The second kappa shape index (κ2) is 8.63. The van der Waals surface area contributed by atoms with Crippen molar-refractivity contribution < 1.29 is 21.6 Å². The molecule has 2 aromatic carbocycles.